The van der Waals surface area contributed by atoms with Crippen LogP contribution in [0.5, 0.6) is 11.5 Å². The molecule has 3 aromatic carbocycles. The van der Waals surface area contributed by atoms with E-state index in [-0.39, 0.29) is 0 Å². The Morgan fingerprint density at radius 2 is 1.70 bits per heavy atom. The number of carbonyl (C=O) groups is 1. The normalized spacial score (nSPS) is 20.3. The van der Waals surface area contributed by atoms with Gasteiger partial charge in [-0.3, -0.25) is 4.90 Å². The fourth-order valence-corrected chi connectivity index (χ4v) is 6.53. The van der Waals surface area contributed by atoms with Gasteiger partial charge in [-0.1, -0.05) is 61.0 Å². The van der Waals surface area contributed by atoms with Crippen molar-refractivity contribution in [3.8, 4) is 11.5 Å². The third-order valence-electron chi connectivity index (χ3n) is 8.26. The molecule has 2 saturated heterocycles. The minimum Gasteiger partial charge on any atom is -0.478 e. The monoisotopic (exact) mass is 495 g/mol. The molecule has 2 unspecified atom stereocenters. The lowest BCUT2D eigenvalue weighted by atomic mass is 9.81. The topological polar surface area (TPSA) is 59.0 Å². The Balaban J connectivity index is 1.33. The van der Waals surface area contributed by atoms with Crippen molar-refractivity contribution in [2.24, 2.45) is 0 Å². The molecule has 0 spiro atoms. The highest BCUT2D eigenvalue weighted by atomic mass is 16.7. The molecule has 0 aliphatic carbocycles. The Morgan fingerprint density at radius 1 is 0.946 bits per heavy atom. The summed E-state index contributed by atoms with van der Waals surface area (Å²) in [5, 5.41) is 10.1. The summed E-state index contributed by atoms with van der Waals surface area (Å²) in [6, 6.07) is 23.4. The smallest absolute Gasteiger partial charge is 0.336 e. The Hall–Kier alpha value is -3.57. The predicted molar refractivity (Wildman–Crippen MR) is 144 cm³/mol. The SMILES string of the molecule is CCc1cccc(C(=O)O)c1C(=C1CC2CCC(C1)N2CCc1ccc2c(c1)OCO2)c1ccccc1. The van der Waals surface area contributed by atoms with Crippen molar-refractivity contribution in [2.75, 3.05) is 13.3 Å². The van der Waals surface area contributed by atoms with Crippen molar-refractivity contribution >= 4 is 11.5 Å². The number of rotatable bonds is 7. The van der Waals surface area contributed by atoms with Gasteiger partial charge in [-0.05, 0) is 84.6 Å². The minimum absolute atomic E-state index is 0.304. The van der Waals surface area contributed by atoms with Gasteiger partial charge in [0, 0.05) is 18.6 Å². The third-order valence-corrected chi connectivity index (χ3v) is 8.26. The van der Waals surface area contributed by atoms with Crippen molar-refractivity contribution in [3.63, 3.8) is 0 Å². The average Bonchev–Trinajstić information content (AvgIpc) is 3.48. The van der Waals surface area contributed by atoms with Gasteiger partial charge in [0.05, 0.1) is 5.56 Å². The van der Waals surface area contributed by atoms with E-state index in [1.165, 1.54) is 24.0 Å². The van der Waals surface area contributed by atoms with Crippen LogP contribution in [0.3, 0.4) is 0 Å². The summed E-state index contributed by atoms with van der Waals surface area (Å²) in [5.41, 5.74) is 7.36. The predicted octanol–water partition coefficient (Wildman–Crippen LogP) is 6.35. The van der Waals surface area contributed by atoms with E-state index < -0.39 is 5.97 Å². The van der Waals surface area contributed by atoms with Crippen molar-refractivity contribution < 1.29 is 19.4 Å². The van der Waals surface area contributed by atoms with E-state index in [0.29, 0.717) is 24.4 Å². The molecular weight excluding hydrogens is 462 g/mol. The maximum Gasteiger partial charge on any atom is 0.336 e. The Labute approximate surface area is 218 Å². The van der Waals surface area contributed by atoms with Crippen LogP contribution >= 0.6 is 0 Å². The molecule has 3 heterocycles. The lowest BCUT2D eigenvalue weighted by Crippen LogP contribution is -2.42. The molecule has 2 bridgehead atoms. The Bertz CT molecular complexity index is 1330. The molecule has 5 nitrogen and oxygen atoms in total. The number of carboxylic acid groups (broad SMARTS) is 1. The van der Waals surface area contributed by atoms with Crippen LogP contribution < -0.4 is 9.47 Å². The van der Waals surface area contributed by atoms with Crippen LogP contribution in [-0.2, 0) is 12.8 Å². The number of hydrogen-bond acceptors (Lipinski definition) is 4. The highest BCUT2D eigenvalue weighted by Crippen LogP contribution is 2.44. The van der Waals surface area contributed by atoms with E-state index in [4.69, 9.17) is 9.47 Å². The zero-order valence-corrected chi connectivity index (χ0v) is 21.3. The minimum atomic E-state index is -0.858. The maximum atomic E-state index is 12.3. The van der Waals surface area contributed by atoms with Gasteiger partial charge in [-0.25, -0.2) is 4.79 Å². The van der Waals surface area contributed by atoms with E-state index in [1.807, 2.05) is 18.2 Å². The molecular formula is C32H33NO4. The second-order valence-electron chi connectivity index (χ2n) is 10.3. The lowest BCUT2D eigenvalue weighted by Gasteiger charge is -2.37. The van der Waals surface area contributed by atoms with Crippen LogP contribution in [0.4, 0.5) is 0 Å². The molecule has 0 aromatic heterocycles. The number of aromatic carboxylic acids is 1. The Morgan fingerprint density at radius 3 is 2.43 bits per heavy atom. The number of benzene rings is 3. The van der Waals surface area contributed by atoms with Crippen LogP contribution in [0.1, 0.15) is 65.2 Å². The highest BCUT2D eigenvalue weighted by molar-refractivity contribution is 5.98. The van der Waals surface area contributed by atoms with Gasteiger partial charge < -0.3 is 14.6 Å². The molecule has 0 radical (unpaired) electrons. The van der Waals surface area contributed by atoms with Crippen molar-refractivity contribution in [1.82, 2.24) is 4.90 Å². The summed E-state index contributed by atoms with van der Waals surface area (Å²) >= 11 is 0. The molecule has 37 heavy (non-hydrogen) atoms. The first-order chi connectivity index (χ1) is 18.1. The summed E-state index contributed by atoms with van der Waals surface area (Å²) in [5.74, 6) is 0.822. The van der Waals surface area contributed by atoms with Gasteiger partial charge in [-0.15, -0.1) is 0 Å². The van der Waals surface area contributed by atoms with Crippen LogP contribution in [0, 0.1) is 0 Å². The summed E-state index contributed by atoms with van der Waals surface area (Å²) in [4.78, 5) is 15.0. The number of carboxylic acids is 1. The summed E-state index contributed by atoms with van der Waals surface area (Å²) in [7, 11) is 0. The molecule has 2 fully saturated rings. The first-order valence-electron chi connectivity index (χ1n) is 13.4. The number of nitrogens with zero attached hydrogens (tertiary/aromatic N) is 1. The molecule has 6 rings (SSSR count). The standard InChI is InChI=1S/C32H33NO4/c1-2-22-9-6-10-27(32(34)35)31(22)30(23-7-4-3-5-8-23)24-18-25-12-13-26(19-24)33(25)16-15-21-11-14-28-29(17-21)37-20-36-28/h3-11,14,17,25-26H,2,12-13,15-16,18-20H2,1H3,(H,34,35). The van der Waals surface area contributed by atoms with Gasteiger partial charge in [0.25, 0.3) is 0 Å². The van der Waals surface area contributed by atoms with Crippen LogP contribution in [0.15, 0.2) is 72.3 Å². The number of ether oxygens (including phenoxy) is 2. The average molecular weight is 496 g/mol. The third kappa shape index (κ3) is 4.53. The number of fused-ring (bicyclic) bond motifs is 3. The zero-order valence-electron chi connectivity index (χ0n) is 21.3. The summed E-state index contributed by atoms with van der Waals surface area (Å²) in [6.45, 7) is 3.44. The fourth-order valence-electron chi connectivity index (χ4n) is 6.53. The molecule has 3 aliphatic heterocycles. The molecule has 3 aliphatic rings. The van der Waals surface area contributed by atoms with E-state index in [2.05, 4.69) is 54.3 Å². The molecule has 5 heteroatoms. The van der Waals surface area contributed by atoms with Gasteiger partial charge >= 0.3 is 5.97 Å². The Kier molecular flexibility index (Phi) is 6.47. The summed E-state index contributed by atoms with van der Waals surface area (Å²) < 4.78 is 11.0. The van der Waals surface area contributed by atoms with Gasteiger partial charge in [0.2, 0.25) is 6.79 Å². The lowest BCUT2D eigenvalue weighted by molar-refractivity contribution is 0.0696. The van der Waals surface area contributed by atoms with Crippen molar-refractivity contribution in [3.05, 3.63) is 100 Å². The largest absolute Gasteiger partial charge is 0.478 e. The highest BCUT2D eigenvalue weighted by Gasteiger charge is 2.39. The molecule has 0 amide bonds. The van der Waals surface area contributed by atoms with E-state index in [9.17, 15) is 9.90 Å². The van der Waals surface area contributed by atoms with E-state index >= 15 is 0 Å². The van der Waals surface area contributed by atoms with Crippen molar-refractivity contribution in [1.29, 1.82) is 0 Å². The van der Waals surface area contributed by atoms with E-state index in [0.717, 1.165) is 66.0 Å². The fraction of sp³-hybridized carbons (Fsp3) is 0.344. The zero-order chi connectivity index (χ0) is 25.4. The number of piperidine rings is 1. The first-order valence-corrected chi connectivity index (χ1v) is 13.4. The van der Waals surface area contributed by atoms with Crippen molar-refractivity contribution in [2.45, 2.75) is 57.5 Å². The van der Waals surface area contributed by atoms with Gasteiger partial charge in [-0.2, -0.15) is 0 Å². The van der Waals surface area contributed by atoms with Crippen LogP contribution in [-0.4, -0.2) is 41.4 Å². The molecule has 190 valence electrons. The summed E-state index contributed by atoms with van der Waals surface area (Å²) in [6.07, 6.45) is 6.14. The van der Waals surface area contributed by atoms with Crippen LogP contribution in [0.2, 0.25) is 0 Å². The van der Waals surface area contributed by atoms with Crippen LogP contribution in [0.25, 0.3) is 5.57 Å². The molecule has 3 aromatic rings. The maximum absolute atomic E-state index is 12.3. The molecule has 2 atom stereocenters. The quantitative estimate of drug-likeness (QED) is 0.414. The second kappa shape index (κ2) is 10.1. The second-order valence-corrected chi connectivity index (χ2v) is 10.3. The number of aryl methyl sites for hydroxylation is 1. The molecule has 0 saturated carbocycles. The van der Waals surface area contributed by atoms with Gasteiger partial charge in [0.15, 0.2) is 11.5 Å². The van der Waals surface area contributed by atoms with E-state index in [1.54, 1.807) is 6.07 Å². The number of hydrogen-bond donors (Lipinski definition) is 1. The van der Waals surface area contributed by atoms with Gasteiger partial charge in [0.1, 0.15) is 0 Å². The first kappa shape index (κ1) is 23.8. The molecule has 1 N–H and O–H groups in total.